The molecule has 9 heterocycles. The molecule has 0 N–H and O–H groups in total. The van der Waals surface area contributed by atoms with Gasteiger partial charge in [0, 0.05) is 103 Å². The number of aromatic nitrogens is 9. The Hall–Kier alpha value is -18.7. The van der Waals surface area contributed by atoms with Crippen molar-refractivity contribution in [3.63, 3.8) is 0 Å². The zero-order chi connectivity index (χ0) is 95.8. The highest BCUT2D eigenvalue weighted by Crippen LogP contribution is 2.47. The van der Waals surface area contributed by atoms with Crippen LogP contribution in [0.25, 0.3) is 264 Å². The third kappa shape index (κ3) is 14.6. The highest BCUT2D eigenvalue weighted by molar-refractivity contribution is 7.85. The van der Waals surface area contributed by atoms with Crippen molar-refractivity contribution >= 4 is 163 Å². The summed E-state index contributed by atoms with van der Waals surface area (Å²) in [6, 6.07) is 168. The van der Waals surface area contributed by atoms with Crippen LogP contribution in [0.3, 0.4) is 0 Å². The molecule has 0 fully saturated rings. The molecule has 0 saturated heterocycles. The summed E-state index contributed by atoms with van der Waals surface area (Å²) in [4.78, 5) is 25.2. The van der Waals surface area contributed by atoms with Crippen LogP contribution >= 0.6 is 11.3 Å². The SMILES string of the molecule is Cc1nc2ccccc2n1-c1cccc(-c2ccc3c(c2)c2ccccc2n3-c2cccc(-c3ccc4c(c3)sc3ccccc34)c2)c1.O=S1c2ccccc2-c2ccc(-c3cccc(-n4c5ccccc5c5cc(-c6ccc(-c7ncnc8ccccc78)cc6)ccc54)c3)cc21.c1cc(-c2ccc3c(c2)c2ccccc2n3-c2cccc(-c3ccc4c(c3)oc3ccccc34)c2)cc(-c2cnc3ccccc3n2)c1. The van der Waals surface area contributed by atoms with Crippen molar-refractivity contribution in [3.05, 3.63) is 492 Å². The second kappa shape index (κ2) is 34.7. The van der Waals surface area contributed by atoms with Crippen LogP contribution in [0.4, 0.5) is 0 Å². The van der Waals surface area contributed by atoms with Gasteiger partial charge in [0.15, 0.2) is 0 Å². The van der Waals surface area contributed by atoms with Crippen LogP contribution < -0.4 is 0 Å². The first kappa shape index (κ1) is 84.4. The van der Waals surface area contributed by atoms with E-state index in [2.05, 4.69) is 434 Å². The fourth-order valence-electron chi connectivity index (χ4n) is 21.9. The van der Waals surface area contributed by atoms with E-state index in [0.29, 0.717) is 0 Å². The molecule has 0 spiro atoms. The predicted molar refractivity (Wildman–Crippen MR) is 602 cm³/mol. The normalized spacial score (nSPS) is 12.4. The molecule has 8 aromatic heterocycles. The van der Waals surface area contributed by atoms with Crippen LogP contribution in [0.2, 0.25) is 0 Å². The molecule has 145 heavy (non-hydrogen) atoms. The number of hydrogen-bond donors (Lipinski definition) is 0. The Balaban J connectivity index is 0.000000106. The lowest BCUT2D eigenvalue weighted by molar-refractivity contribution is 0.669. The molecule has 0 bridgehead atoms. The van der Waals surface area contributed by atoms with E-state index in [1.807, 2.05) is 96.4 Å². The van der Waals surface area contributed by atoms with Gasteiger partial charge in [0.2, 0.25) is 0 Å². The Morgan fingerprint density at radius 1 is 0.234 bits per heavy atom. The molecule has 21 aromatic carbocycles. The second-order valence-corrected chi connectivity index (χ2v) is 39.7. The maximum atomic E-state index is 13.4. The van der Waals surface area contributed by atoms with Gasteiger partial charge in [0.05, 0.1) is 98.9 Å². The van der Waals surface area contributed by atoms with Crippen molar-refractivity contribution in [2.45, 2.75) is 16.7 Å². The van der Waals surface area contributed by atoms with Gasteiger partial charge in [-0.15, -0.1) is 11.3 Å². The monoisotopic (exact) mass is 1890 g/mol. The summed E-state index contributed by atoms with van der Waals surface area (Å²) >= 11 is 1.87. The summed E-state index contributed by atoms with van der Waals surface area (Å²) in [5, 5.41) is 13.3. The number of thiophene rings is 1. The Kier molecular flexibility index (Phi) is 20.2. The van der Waals surface area contributed by atoms with Crippen molar-refractivity contribution in [1.82, 2.24) is 43.2 Å². The molecular weight excluding hydrogens is 1810 g/mol. The summed E-state index contributed by atoms with van der Waals surface area (Å²) < 4.78 is 31.6. The first-order valence-corrected chi connectivity index (χ1v) is 50.7. The van der Waals surface area contributed by atoms with Crippen LogP contribution in [-0.2, 0) is 10.8 Å². The van der Waals surface area contributed by atoms with Crippen LogP contribution in [0.5, 0.6) is 0 Å². The van der Waals surface area contributed by atoms with E-state index in [0.717, 1.165) is 182 Å². The smallest absolute Gasteiger partial charge is 0.136 e. The summed E-state index contributed by atoms with van der Waals surface area (Å²) in [6.45, 7) is 2.07. The average molecular weight is 1890 g/mol. The van der Waals surface area contributed by atoms with E-state index in [4.69, 9.17) is 14.4 Å². The maximum absolute atomic E-state index is 13.4. The molecular formula is C132H83N9O2S2. The van der Waals surface area contributed by atoms with E-state index in [1.54, 1.807) is 6.33 Å². The average Bonchev–Trinajstić information content (AvgIpc) is 1.41. The number of hydrogen-bond acceptors (Lipinski definition) is 8. The Bertz CT molecular complexity index is 10400. The fraction of sp³-hybridized carbons (Fsp3) is 0.00758. The standard InChI is InChI=1S/C44H27N3OS.C44H27N3O.C44H29N3S/c48-49-42-15-6-3-11-35(42)36-22-20-32(26-43(36)49)30-8-7-9-33(24-30)47-40-14-5-2-10-34(40)38-25-31(21-23-41(38)47)28-16-18-29(19-17-28)44-37-12-1-4-13-39(37)45-27-46-44;1-5-17-41-34(13-1)37-25-30(28-9-7-11-32(23-28)40-27-45-38-15-3-4-16-39(38)46-40)20-22-42(37)47(41)33-12-8-10-29(24-33)31-19-21-36-35-14-2-6-18-43(35)48-44(36)26-31;1-28-45-39-16-4-6-18-42(39)46(28)33-12-8-10-29(24-33)31-21-23-41-38(26-31)35-14-2-5-17-40(35)47(41)34-13-9-11-30(25-34)32-20-22-37-36-15-3-7-19-43(36)48-44(37)27-32/h1-27H;1-27H;2-27H,1H3. The zero-order valence-electron chi connectivity index (χ0n) is 78.3. The van der Waals surface area contributed by atoms with Crippen LogP contribution in [0, 0.1) is 6.92 Å². The quantitative estimate of drug-likeness (QED) is 0.120. The third-order valence-corrected chi connectivity index (χ3v) is 31.4. The van der Waals surface area contributed by atoms with Gasteiger partial charge in [0.25, 0.3) is 0 Å². The van der Waals surface area contributed by atoms with Crippen molar-refractivity contribution in [3.8, 4) is 123 Å². The Morgan fingerprint density at radius 2 is 0.641 bits per heavy atom. The Labute approximate surface area is 839 Å². The van der Waals surface area contributed by atoms with E-state index in [-0.39, 0.29) is 0 Å². The number of rotatable bonds is 12. The number of benzene rings is 21. The lowest BCUT2D eigenvalue weighted by Crippen LogP contribution is -1.97. The van der Waals surface area contributed by atoms with Gasteiger partial charge in [-0.05, 0) is 267 Å². The molecule has 1 aliphatic heterocycles. The van der Waals surface area contributed by atoms with Gasteiger partial charge in [0.1, 0.15) is 23.3 Å². The molecule has 0 amide bonds. The topological polar surface area (TPSA) is 114 Å². The van der Waals surface area contributed by atoms with Gasteiger partial charge in [-0.3, -0.25) is 9.55 Å². The van der Waals surface area contributed by atoms with E-state index in [9.17, 15) is 4.21 Å². The minimum Gasteiger partial charge on any atom is -0.456 e. The van der Waals surface area contributed by atoms with Crippen LogP contribution in [0.1, 0.15) is 5.82 Å². The molecule has 13 heteroatoms. The predicted octanol–water partition coefficient (Wildman–Crippen LogP) is 34.6. The summed E-state index contributed by atoms with van der Waals surface area (Å²) in [7, 11) is -1.17. The molecule has 29 aromatic rings. The first-order valence-electron chi connectivity index (χ1n) is 48.8. The van der Waals surface area contributed by atoms with Crippen molar-refractivity contribution in [2.75, 3.05) is 0 Å². The molecule has 0 radical (unpaired) electrons. The highest BCUT2D eigenvalue weighted by Gasteiger charge is 2.28. The third-order valence-electron chi connectivity index (χ3n) is 28.8. The van der Waals surface area contributed by atoms with Crippen molar-refractivity contribution < 1.29 is 8.63 Å². The number of imidazole rings is 1. The molecule has 11 nitrogen and oxygen atoms in total. The molecule has 30 rings (SSSR count). The molecule has 680 valence electrons. The molecule has 1 aliphatic rings. The summed E-state index contributed by atoms with van der Waals surface area (Å²) in [5.74, 6) is 0.984. The van der Waals surface area contributed by atoms with E-state index in [1.165, 1.54) is 96.8 Å². The molecule has 0 aliphatic carbocycles. The number of para-hydroxylation sites is 9. The zero-order valence-corrected chi connectivity index (χ0v) is 80.0. The van der Waals surface area contributed by atoms with Gasteiger partial charge in [-0.2, -0.15) is 0 Å². The molecule has 1 unspecified atom stereocenters. The number of fused-ring (bicyclic) bond motifs is 21. The van der Waals surface area contributed by atoms with E-state index >= 15 is 0 Å². The summed E-state index contributed by atoms with van der Waals surface area (Å²) in [5.41, 5.74) is 38.1. The highest BCUT2D eigenvalue weighted by atomic mass is 32.2. The number of aryl methyl sites for hydroxylation is 1. The lowest BCUT2D eigenvalue weighted by Gasteiger charge is -2.12. The van der Waals surface area contributed by atoms with Gasteiger partial charge < -0.3 is 18.1 Å². The van der Waals surface area contributed by atoms with Gasteiger partial charge >= 0.3 is 0 Å². The molecule has 1 atom stereocenters. The van der Waals surface area contributed by atoms with Crippen molar-refractivity contribution in [1.29, 1.82) is 0 Å². The van der Waals surface area contributed by atoms with E-state index < -0.39 is 10.8 Å². The Morgan fingerprint density at radius 3 is 1.26 bits per heavy atom. The lowest BCUT2D eigenvalue weighted by atomic mass is 9.99. The largest absolute Gasteiger partial charge is 0.456 e. The maximum Gasteiger partial charge on any atom is 0.136 e. The first-order chi connectivity index (χ1) is 71.7. The van der Waals surface area contributed by atoms with Crippen molar-refractivity contribution in [2.24, 2.45) is 0 Å². The minimum atomic E-state index is -1.17. The summed E-state index contributed by atoms with van der Waals surface area (Å²) in [6.07, 6.45) is 3.50. The van der Waals surface area contributed by atoms with Gasteiger partial charge in [-0.1, -0.05) is 291 Å². The number of furan rings is 1. The fourth-order valence-corrected chi connectivity index (χ4v) is 24.5. The minimum absolute atomic E-state index is 0.868. The second-order valence-electron chi connectivity index (χ2n) is 37.2. The number of nitrogens with zero attached hydrogens (tertiary/aromatic N) is 9. The molecule has 0 saturated carbocycles. The van der Waals surface area contributed by atoms with Crippen LogP contribution in [0.15, 0.2) is 500 Å². The van der Waals surface area contributed by atoms with Gasteiger partial charge in [-0.25, -0.2) is 24.1 Å². The van der Waals surface area contributed by atoms with Crippen LogP contribution in [-0.4, -0.2) is 47.4 Å².